The van der Waals surface area contributed by atoms with Gasteiger partial charge >= 0.3 is 11.9 Å². The van der Waals surface area contributed by atoms with E-state index in [1.54, 1.807) is 60.9 Å². The number of thioether (sulfide) groups is 1. The van der Waals surface area contributed by atoms with Crippen molar-refractivity contribution in [1.82, 2.24) is 87.6 Å². The fraction of sp³-hybridized carbons (Fsp3) is 0.557. The first-order chi connectivity index (χ1) is 62.7. The van der Waals surface area contributed by atoms with E-state index in [4.69, 9.17) is 22.9 Å². The molecule has 9 rings (SSSR count). The molecular formula is C88H125N21O21S. The minimum Gasteiger partial charge on any atom is -0.508 e. The molecule has 3 aromatic carbocycles. The van der Waals surface area contributed by atoms with Gasteiger partial charge in [0.15, 0.2) is 0 Å². The van der Waals surface area contributed by atoms with Gasteiger partial charge < -0.3 is 126 Å². The molecule has 4 aliphatic heterocycles. The number of likely N-dealkylation sites (N-methyl/N-ethyl adjacent to an activating group) is 2. The monoisotopic (exact) mass is 1840 g/mol. The van der Waals surface area contributed by atoms with Gasteiger partial charge in [-0.3, -0.25) is 86.8 Å². The van der Waals surface area contributed by atoms with Crippen LogP contribution in [-0.4, -0.2) is 318 Å². The number of aromatic amines is 2. The topological polar surface area (TPSA) is 643 Å². The number of aliphatic hydroxyl groups excluding tert-OH is 1. The first-order valence-electron chi connectivity index (χ1n) is 44.6. The average molecular weight is 1850 g/mol. The first kappa shape index (κ1) is 102. The summed E-state index contributed by atoms with van der Waals surface area (Å²) in [5, 5.41) is 70.1. The summed E-state index contributed by atoms with van der Waals surface area (Å²) in [5.41, 5.74) is 26.7. The Morgan fingerprint density at radius 2 is 0.931 bits per heavy atom. The van der Waals surface area contributed by atoms with Crippen LogP contribution in [0.1, 0.15) is 146 Å². The lowest BCUT2D eigenvalue weighted by Crippen LogP contribution is -2.61. The van der Waals surface area contributed by atoms with Crippen LogP contribution in [0.2, 0.25) is 0 Å². The molecule has 0 radical (unpaired) electrons. The van der Waals surface area contributed by atoms with Crippen LogP contribution < -0.4 is 76.1 Å². The molecule has 5 aromatic rings. The summed E-state index contributed by atoms with van der Waals surface area (Å²) < 4.78 is 0. The van der Waals surface area contributed by atoms with Crippen molar-refractivity contribution in [2.45, 2.75) is 239 Å². The van der Waals surface area contributed by atoms with Gasteiger partial charge in [0.05, 0.1) is 24.8 Å². The molecular weight excluding hydrogens is 1720 g/mol. The van der Waals surface area contributed by atoms with Crippen molar-refractivity contribution < 1.29 is 102 Å². The Bertz CT molecular complexity index is 4880. The minimum atomic E-state index is -1.88. The molecule has 15 atom stereocenters. The number of rotatable bonds is 27. The van der Waals surface area contributed by atoms with E-state index in [-0.39, 0.29) is 134 Å². The van der Waals surface area contributed by atoms with Crippen molar-refractivity contribution in [1.29, 1.82) is 0 Å². The number of unbranched alkanes of at least 4 members (excludes halogenated alkanes) is 2. The third kappa shape index (κ3) is 28.1. The SMILES string of the molecule is CCCC[C@H]1C(=O)N(C)[C@@H](CCCC)C(=O)N[C@@H](CCCN)C(=O)N[C@H](C(O)NCC(N)=O)CSCC(=O)N[C@@H](Cc2ccc(O)cc2)C(=O)N2CCC[C@H]2C(=O)N[C@@H](CC(=O)O)C(=O)N2CCC[C@H]2C(=O)N[C@@H](CN)C(=O)N[C@@H](CCC(=O)O)C(=O)N2CCC[C@H]2C(=O)N[C@@H](Cc2c[nH]c3ccccc23)C(=O)N[C@@H](CCN)C(=O)N[C@@H](Cc2c[nH]c3ccccc23)C(=O)N1C. The number of benzene rings is 3. The number of carboxylic acid groups (broad SMARTS) is 2. The third-order valence-electron chi connectivity index (χ3n) is 24.1. The molecule has 42 nitrogen and oxygen atoms in total. The van der Waals surface area contributed by atoms with E-state index in [9.17, 15) is 63.6 Å². The maximum atomic E-state index is 15.8. The first-order valence-corrected chi connectivity index (χ1v) is 45.7. The summed E-state index contributed by atoms with van der Waals surface area (Å²) in [7, 11) is 2.77. The van der Waals surface area contributed by atoms with Gasteiger partial charge in [-0.1, -0.05) is 88.1 Å². The summed E-state index contributed by atoms with van der Waals surface area (Å²) in [6, 6.07) is -1.14. The summed E-state index contributed by atoms with van der Waals surface area (Å²) >= 11 is 0.845. The number of phenols is 1. The van der Waals surface area contributed by atoms with E-state index in [0.717, 1.165) is 26.5 Å². The lowest BCUT2D eigenvalue weighted by molar-refractivity contribution is -0.149. The molecule has 131 heavy (non-hydrogen) atoms. The Balaban J connectivity index is 1.08. The van der Waals surface area contributed by atoms with Crippen LogP contribution in [0.3, 0.4) is 0 Å². The maximum absolute atomic E-state index is 15.8. The average Bonchev–Trinajstić information content (AvgIpc) is 1.20. The number of nitrogens with zero attached hydrogens (tertiary/aromatic N) is 5. The second kappa shape index (κ2) is 49.6. The van der Waals surface area contributed by atoms with Crippen LogP contribution in [0.25, 0.3) is 21.8 Å². The summed E-state index contributed by atoms with van der Waals surface area (Å²) in [5.74, 6) is -17.4. The summed E-state index contributed by atoms with van der Waals surface area (Å²) in [4.78, 5) is 259. The van der Waals surface area contributed by atoms with Gasteiger partial charge in [0.1, 0.15) is 90.5 Å². The molecule has 714 valence electrons. The molecule has 24 N–H and O–H groups in total. The van der Waals surface area contributed by atoms with Crippen molar-refractivity contribution in [2.24, 2.45) is 22.9 Å². The number of phenolic OH excluding ortho intramolecular Hbond substituents is 1. The number of para-hydroxylation sites is 2. The number of aromatic nitrogens is 2. The van der Waals surface area contributed by atoms with Gasteiger partial charge in [0.2, 0.25) is 88.6 Å². The Kier molecular flexibility index (Phi) is 38.8. The van der Waals surface area contributed by atoms with Crippen LogP contribution in [0.4, 0.5) is 0 Å². The predicted octanol–water partition coefficient (Wildman–Crippen LogP) is -2.72. The standard InChI is InChI=1S/C88H125N21O21S/c1-5-7-22-66-80(122)98-57(21-13-34-89)76(118)104-65(75(117)95-46-71(92)111)47-131-48-72(112)96-61(39-49-27-29-52(110)30-28-49)86(128)108-37-15-25-68(108)82(124)102-63(42-74(115)116)87(129)109-38-16-26-69(109)83(125)103-64(43-91)79(121)99-59(31-32-73(113)114)85(127)107-36-14-24-67(107)81(123)100-60(40-50-44-93-55-19-11-9-17-53(50)55)78(120)97-58(33-35-90)77(119)101-62(41-51-45-94-56-20-12-10-18-54(51)56)84(126)106(4)70(23-8-6-2)88(130)105(66)3/h9-12,17-20,27-30,44-45,57-70,75,93-95,110,117H,5-8,13-16,21-26,31-43,46-48,89-91H2,1-4H3,(H2,92,111)(H,96,112)(H,97,120)(H,98,122)(H,99,121)(H,100,123)(H,101,119)(H,102,124)(H,103,125)(H,104,118)(H,113,114)(H,115,116)/t57-,58-,59-,60-,61-,62-,63-,64-,65-,66-,67-,68-,69-,70-,75?/m0/s1. The molecule has 4 fully saturated rings. The van der Waals surface area contributed by atoms with E-state index >= 15 is 38.4 Å². The lowest BCUT2D eigenvalue weighted by Gasteiger charge is -2.36. The second-order valence-corrected chi connectivity index (χ2v) is 34.6. The van der Waals surface area contributed by atoms with Gasteiger partial charge in [0, 0.05) is 106 Å². The lowest BCUT2D eigenvalue weighted by atomic mass is 9.99. The largest absolute Gasteiger partial charge is 0.508 e. The Hall–Kier alpha value is -12.3. The molecule has 0 saturated carbocycles. The summed E-state index contributed by atoms with van der Waals surface area (Å²) in [6.07, 6.45) is 0.588. The molecule has 43 heteroatoms. The molecule has 4 saturated heterocycles. The fourth-order valence-corrected chi connectivity index (χ4v) is 17.9. The zero-order valence-corrected chi connectivity index (χ0v) is 75.0. The normalized spacial score (nSPS) is 25.3. The Morgan fingerprint density at radius 1 is 0.473 bits per heavy atom. The van der Waals surface area contributed by atoms with Crippen molar-refractivity contribution in [3.05, 3.63) is 102 Å². The van der Waals surface area contributed by atoms with E-state index in [0.29, 0.717) is 64.2 Å². The van der Waals surface area contributed by atoms with Crippen LogP contribution >= 0.6 is 11.8 Å². The van der Waals surface area contributed by atoms with Gasteiger partial charge in [0.25, 0.3) is 0 Å². The van der Waals surface area contributed by atoms with Gasteiger partial charge in [-0.05, 0) is 131 Å². The number of carboxylic acids is 2. The smallest absolute Gasteiger partial charge is 0.305 e. The van der Waals surface area contributed by atoms with E-state index in [1.165, 1.54) is 48.2 Å². The molecule has 0 spiro atoms. The quantitative estimate of drug-likeness (QED) is 0.0238. The van der Waals surface area contributed by atoms with Crippen molar-refractivity contribution in [3.8, 4) is 5.75 Å². The molecule has 0 bridgehead atoms. The molecule has 4 aliphatic rings. The van der Waals surface area contributed by atoms with Crippen LogP contribution in [0, 0.1) is 0 Å². The highest BCUT2D eigenvalue weighted by Gasteiger charge is 2.47. The number of aliphatic carboxylic acids is 2. The molecule has 15 amide bonds. The number of primary amides is 1. The maximum Gasteiger partial charge on any atom is 0.305 e. The zero-order chi connectivity index (χ0) is 95.3. The number of aliphatic hydroxyl groups is 1. The zero-order valence-electron chi connectivity index (χ0n) is 74.1. The van der Waals surface area contributed by atoms with E-state index < -0.39 is 229 Å². The molecule has 2 aromatic heterocycles. The highest BCUT2D eigenvalue weighted by atomic mass is 32.2. The van der Waals surface area contributed by atoms with Crippen molar-refractivity contribution >= 4 is 134 Å². The molecule has 6 heterocycles. The predicted molar refractivity (Wildman–Crippen MR) is 480 cm³/mol. The van der Waals surface area contributed by atoms with Crippen molar-refractivity contribution in [3.63, 3.8) is 0 Å². The number of hydrogen-bond donors (Lipinski definition) is 20. The highest BCUT2D eigenvalue weighted by Crippen LogP contribution is 2.29. The number of H-pyrrole nitrogens is 2. The second-order valence-electron chi connectivity index (χ2n) is 33.5. The van der Waals surface area contributed by atoms with Crippen LogP contribution in [-0.2, 0) is 101 Å². The summed E-state index contributed by atoms with van der Waals surface area (Å²) in [6.45, 7) is 1.89. The van der Waals surface area contributed by atoms with Gasteiger partial charge in [-0.25, -0.2) is 0 Å². The van der Waals surface area contributed by atoms with Gasteiger partial charge in [-0.15, -0.1) is 11.8 Å². The molecule has 1 unspecified atom stereocenters. The third-order valence-corrected chi connectivity index (χ3v) is 25.2. The number of fused-ring (bicyclic) bond motifs is 5. The fourth-order valence-electron chi connectivity index (χ4n) is 17.0. The van der Waals surface area contributed by atoms with Gasteiger partial charge in [-0.2, -0.15) is 0 Å². The van der Waals surface area contributed by atoms with Crippen LogP contribution in [0.5, 0.6) is 5.75 Å². The Morgan fingerprint density at radius 3 is 1.47 bits per heavy atom. The highest BCUT2D eigenvalue weighted by molar-refractivity contribution is 8.00. The van der Waals surface area contributed by atoms with E-state index in [1.807, 2.05) is 13.8 Å². The number of nitrogens with two attached hydrogens (primary N) is 4. The van der Waals surface area contributed by atoms with Crippen LogP contribution in [0.15, 0.2) is 85.2 Å². The number of amides is 15. The Labute approximate surface area is 761 Å². The minimum absolute atomic E-state index is 0.0179. The number of aromatic hydroxyl groups is 1. The number of hydrogen-bond acceptors (Lipinski definition) is 24. The number of nitrogens with one attached hydrogen (secondary N) is 12. The molecule has 0 aliphatic carbocycles. The number of carbonyl (C=O) groups is 17. The van der Waals surface area contributed by atoms with Crippen molar-refractivity contribution in [2.75, 3.05) is 71.4 Å². The number of carbonyl (C=O) groups excluding carboxylic acids is 15. The van der Waals surface area contributed by atoms with E-state index in [2.05, 4.69) is 63.1 Å².